The summed E-state index contributed by atoms with van der Waals surface area (Å²) < 4.78 is 66.9. The van der Waals surface area contributed by atoms with E-state index in [1.54, 1.807) is 0 Å². The Morgan fingerprint density at radius 2 is 1.66 bits per heavy atom. The standard InChI is InChI=1S/C21H27NO8S2/c1-13-21(2,3)17-12-18(32(28,29)30)16-11-14(31(25,26)27)8-9-15(16)20(17)22(13)10-6-4-5-7-19(23)24/h8-9,11-13H,4-7,10H2,1-3H3,(H,23,24)(H,25,26,27)(H,28,29,30). The van der Waals surface area contributed by atoms with Crippen molar-refractivity contribution in [2.24, 2.45) is 0 Å². The molecular formula is C21H27NO8S2. The lowest BCUT2D eigenvalue weighted by molar-refractivity contribution is -0.137. The highest BCUT2D eigenvalue weighted by molar-refractivity contribution is 7.86. The molecule has 0 saturated heterocycles. The van der Waals surface area contributed by atoms with Gasteiger partial charge in [-0.1, -0.05) is 26.3 Å². The molecule has 0 bridgehead atoms. The molecule has 1 atom stereocenters. The van der Waals surface area contributed by atoms with E-state index >= 15 is 0 Å². The van der Waals surface area contributed by atoms with Crippen LogP contribution in [-0.4, -0.2) is 49.6 Å². The summed E-state index contributed by atoms with van der Waals surface area (Å²) in [4.78, 5) is 12.0. The van der Waals surface area contributed by atoms with Gasteiger partial charge >= 0.3 is 5.97 Å². The average Bonchev–Trinajstić information content (AvgIpc) is 2.85. The number of hydrogen-bond acceptors (Lipinski definition) is 6. The minimum absolute atomic E-state index is 0.00199. The van der Waals surface area contributed by atoms with Gasteiger partial charge in [-0.2, -0.15) is 16.8 Å². The molecule has 0 saturated carbocycles. The molecule has 1 unspecified atom stereocenters. The molecule has 32 heavy (non-hydrogen) atoms. The zero-order valence-electron chi connectivity index (χ0n) is 18.1. The Hall–Kier alpha value is -2.21. The van der Waals surface area contributed by atoms with Gasteiger partial charge in [0.25, 0.3) is 20.2 Å². The van der Waals surface area contributed by atoms with Gasteiger partial charge in [0, 0.05) is 40.9 Å². The van der Waals surface area contributed by atoms with Gasteiger partial charge in [-0.3, -0.25) is 13.9 Å². The van der Waals surface area contributed by atoms with Gasteiger partial charge in [0.15, 0.2) is 0 Å². The minimum Gasteiger partial charge on any atom is -0.481 e. The minimum atomic E-state index is -4.68. The number of nitrogens with zero attached hydrogens (tertiary/aromatic N) is 1. The van der Waals surface area contributed by atoms with Gasteiger partial charge < -0.3 is 10.0 Å². The summed E-state index contributed by atoms with van der Waals surface area (Å²) in [5.41, 5.74) is 0.964. The van der Waals surface area contributed by atoms with E-state index in [4.69, 9.17) is 5.11 Å². The number of hydrogen-bond donors (Lipinski definition) is 3. The normalized spacial score (nSPS) is 18.2. The van der Waals surface area contributed by atoms with E-state index in [1.807, 2.05) is 20.8 Å². The fourth-order valence-electron chi connectivity index (χ4n) is 4.38. The van der Waals surface area contributed by atoms with Gasteiger partial charge in [-0.25, -0.2) is 0 Å². The zero-order valence-corrected chi connectivity index (χ0v) is 19.7. The van der Waals surface area contributed by atoms with Crippen molar-refractivity contribution in [3.05, 3.63) is 29.8 Å². The third-order valence-electron chi connectivity index (χ3n) is 6.40. The molecule has 0 spiro atoms. The van der Waals surface area contributed by atoms with Gasteiger partial charge in [0.05, 0.1) is 4.90 Å². The Labute approximate surface area is 187 Å². The lowest BCUT2D eigenvalue weighted by Gasteiger charge is -2.31. The molecule has 3 rings (SSSR count). The number of rotatable bonds is 8. The number of carboxylic acid groups (broad SMARTS) is 1. The van der Waals surface area contributed by atoms with E-state index in [0.717, 1.165) is 18.2 Å². The first-order valence-electron chi connectivity index (χ1n) is 10.2. The Bertz CT molecular complexity index is 1280. The van der Waals surface area contributed by atoms with Crippen LogP contribution in [0.4, 0.5) is 5.69 Å². The molecule has 0 amide bonds. The molecule has 2 aromatic rings. The molecule has 0 fully saturated rings. The van der Waals surface area contributed by atoms with Crippen LogP contribution >= 0.6 is 0 Å². The van der Waals surface area contributed by atoms with E-state index in [0.29, 0.717) is 30.3 Å². The second kappa shape index (κ2) is 8.29. The maximum atomic E-state index is 12.2. The highest BCUT2D eigenvalue weighted by Gasteiger charge is 2.43. The highest BCUT2D eigenvalue weighted by Crippen LogP contribution is 2.50. The van der Waals surface area contributed by atoms with E-state index in [1.165, 1.54) is 18.2 Å². The van der Waals surface area contributed by atoms with E-state index in [-0.39, 0.29) is 17.8 Å². The molecule has 0 aromatic heterocycles. The lowest BCUT2D eigenvalue weighted by Crippen LogP contribution is -2.39. The van der Waals surface area contributed by atoms with E-state index in [9.17, 15) is 30.7 Å². The zero-order chi connectivity index (χ0) is 24.1. The fraction of sp³-hybridized carbons (Fsp3) is 0.476. The van der Waals surface area contributed by atoms with Crippen molar-refractivity contribution in [2.75, 3.05) is 11.4 Å². The third-order valence-corrected chi connectivity index (χ3v) is 8.14. The first-order chi connectivity index (χ1) is 14.7. The van der Waals surface area contributed by atoms with Gasteiger partial charge in [-0.05, 0) is 43.5 Å². The van der Waals surface area contributed by atoms with Crippen LogP contribution in [0.2, 0.25) is 0 Å². The van der Waals surface area contributed by atoms with Crippen molar-refractivity contribution in [3.63, 3.8) is 0 Å². The monoisotopic (exact) mass is 485 g/mol. The van der Waals surface area contributed by atoms with Crippen molar-refractivity contribution in [3.8, 4) is 0 Å². The molecule has 1 aliphatic heterocycles. The quantitative estimate of drug-likeness (QED) is 0.377. The van der Waals surface area contributed by atoms with Gasteiger partial charge in [0.1, 0.15) is 4.90 Å². The number of fused-ring (bicyclic) bond motifs is 3. The lowest BCUT2D eigenvalue weighted by atomic mass is 9.81. The topological polar surface area (TPSA) is 149 Å². The van der Waals surface area contributed by atoms with Crippen molar-refractivity contribution in [1.29, 1.82) is 0 Å². The molecule has 11 heteroatoms. The first-order valence-corrected chi connectivity index (χ1v) is 13.1. The fourth-order valence-corrected chi connectivity index (χ4v) is 5.60. The van der Waals surface area contributed by atoms with E-state index in [2.05, 4.69) is 4.90 Å². The predicted octanol–water partition coefficient (Wildman–Crippen LogP) is 3.46. The molecule has 176 valence electrons. The summed E-state index contributed by atoms with van der Waals surface area (Å²) in [6.45, 7) is 6.53. The number of carboxylic acids is 1. The number of anilines is 1. The average molecular weight is 486 g/mol. The smallest absolute Gasteiger partial charge is 0.303 e. The van der Waals surface area contributed by atoms with Crippen LogP contribution in [0.3, 0.4) is 0 Å². The first kappa shape index (κ1) is 24.4. The SMILES string of the molecule is CC1N(CCCCCC(=O)O)c2c(cc(S(=O)(=O)O)c3cc(S(=O)(=O)O)ccc23)C1(C)C. The van der Waals surface area contributed by atoms with Crippen LogP contribution < -0.4 is 4.90 Å². The molecule has 0 aliphatic carbocycles. The van der Waals surface area contributed by atoms with Crippen molar-refractivity contribution in [1.82, 2.24) is 0 Å². The summed E-state index contributed by atoms with van der Waals surface area (Å²) in [5.74, 6) is -0.843. The third kappa shape index (κ3) is 4.47. The summed E-state index contributed by atoms with van der Waals surface area (Å²) >= 11 is 0. The van der Waals surface area contributed by atoms with Gasteiger partial charge in [0.2, 0.25) is 0 Å². The molecule has 0 radical (unpaired) electrons. The molecule has 1 heterocycles. The number of benzene rings is 2. The number of unbranched alkanes of at least 4 members (excludes halogenated alkanes) is 2. The largest absolute Gasteiger partial charge is 0.481 e. The van der Waals surface area contributed by atoms with Crippen molar-refractivity contribution in [2.45, 2.75) is 67.7 Å². The Morgan fingerprint density at radius 3 is 2.22 bits per heavy atom. The summed E-state index contributed by atoms with van der Waals surface area (Å²) in [6, 6.07) is 5.03. The second-order valence-corrected chi connectivity index (χ2v) is 11.5. The van der Waals surface area contributed by atoms with Crippen LogP contribution in [0.1, 0.15) is 52.0 Å². The maximum absolute atomic E-state index is 12.2. The molecule has 9 nitrogen and oxygen atoms in total. The molecule has 1 aliphatic rings. The van der Waals surface area contributed by atoms with Crippen molar-refractivity contribution < 1.29 is 35.8 Å². The van der Waals surface area contributed by atoms with Crippen LogP contribution in [0.5, 0.6) is 0 Å². The second-order valence-electron chi connectivity index (χ2n) is 8.72. The number of aliphatic carboxylic acids is 1. The van der Waals surface area contributed by atoms with Crippen LogP contribution in [-0.2, 0) is 30.4 Å². The van der Waals surface area contributed by atoms with Crippen LogP contribution in [0.15, 0.2) is 34.1 Å². The molecule has 2 aromatic carbocycles. The summed E-state index contributed by atoms with van der Waals surface area (Å²) in [6.07, 6.45) is 2.07. The Balaban J connectivity index is 2.18. The molecule has 3 N–H and O–H groups in total. The maximum Gasteiger partial charge on any atom is 0.303 e. The Morgan fingerprint density at radius 1 is 1.00 bits per heavy atom. The summed E-state index contributed by atoms with van der Waals surface area (Å²) in [7, 11) is -9.26. The van der Waals surface area contributed by atoms with Gasteiger partial charge in [-0.15, -0.1) is 0 Å². The number of carbonyl (C=O) groups is 1. The predicted molar refractivity (Wildman–Crippen MR) is 120 cm³/mol. The molecular weight excluding hydrogens is 458 g/mol. The van der Waals surface area contributed by atoms with Crippen LogP contribution in [0.25, 0.3) is 10.8 Å². The highest BCUT2D eigenvalue weighted by atomic mass is 32.2. The summed E-state index contributed by atoms with van der Waals surface area (Å²) in [5, 5.41) is 9.27. The van der Waals surface area contributed by atoms with Crippen molar-refractivity contribution >= 4 is 42.7 Å². The Kier molecular flexibility index (Phi) is 6.33. The van der Waals surface area contributed by atoms with Crippen LogP contribution in [0, 0.1) is 0 Å². The van der Waals surface area contributed by atoms with E-state index < -0.39 is 41.4 Å².